The van der Waals surface area contributed by atoms with E-state index in [0.29, 0.717) is 12.1 Å². The molecule has 0 aliphatic carbocycles. The summed E-state index contributed by atoms with van der Waals surface area (Å²) in [4.78, 5) is 16.1. The van der Waals surface area contributed by atoms with Crippen molar-refractivity contribution in [2.24, 2.45) is 0 Å². The number of sulfone groups is 1. The number of nitrogens with one attached hydrogen (secondary N) is 1. The summed E-state index contributed by atoms with van der Waals surface area (Å²) in [5.41, 5.74) is 6.87. The molecule has 0 spiro atoms. The lowest BCUT2D eigenvalue weighted by Crippen LogP contribution is -2.46. The van der Waals surface area contributed by atoms with Gasteiger partial charge in [0.2, 0.25) is 0 Å². The van der Waals surface area contributed by atoms with E-state index in [1.54, 1.807) is 19.2 Å². The van der Waals surface area contributed by atoms with Crippen LogP contribution >= 0.6 is 0 Å². The van der Waals surface area contributed by atoms with Gasteiger partial charge in [0.15, 0.2) is 15.6 Å². The second-order valence-corrected chi connectivity index (χ2v) is 7.01. The van der Waals surface area contributed by atoms with Crippen LogP contribution in [0.25, 0.3) is 0 Å². The van der Waals surface area contributed by atoms with Gasteiger partial charge >= 0.3 is 0 Å². The molecule has 1 aliphatic heterocycles. The molecule has 104 valence electrons. The van der Waals surface area contributed by atoms with Crippen LogP contribution in [0.15, 0.2) is 12.3 Å². The first-order valence-corrected chi connectivity index (χ1v) is 7.89. The average molecular weight is 283 g/mol. The third kappa shape index (κ3) is 3.30. The zero-order chi connectivity index (χ0) is 14.0. The van der Waals surface area contributed by atoms with Crippen LogP contribution in [-0.4, -0.2) is 43.3 Å². The molecule has 3 N–H and O–H groups in total. The smallest absolute Gasteiger partial charge is 0.168 e. The molecule has 1 atom stereocenters. The van der Waals surface area contributed by atoms with E-state index < -0.39 is 9.84 Å². The van der Waals surface area contributed by atoms with E-state index in [-0.39, 0.29) is 35.6 Å². The predicted molar refractivity (Wildman–Crippen MR) is 72.8 cm³/mol. The van der Waals surface area contributed by atoms with E-state index in [2.05, 4.69) is 10.3 Å². The monoisotopic (exact) mass is 283 g/mol. The Hall–Kier alpha value is -1.47. The van der Waals surface area contributed by atoms with Crippen molar-refractivity contribution in [3.63, 3.8) is 0 Å². The fourth-order valence-electron chi connectivity index (χ4n) is 2.27. The number of hydrogen-bond donors (Lipinski definition) is 2. The van der Waals surface area contributed by atoms with Gasteiger partial charge in [-0.05, 0) is 18.6 Å². The predicted octanol–water partition coefficient (Wildman–Crippen LogP) is -0.0684. The van der Waals surface area contributed by atoms with Gasteiger partial charge in [-0.25, -0.2) is 13.4 Å². The van der Waals surface area contributed by atoms with Gasteiger partial charge in [0, 0.05) is 25.2 Å². The van der Waals surface area contributed by atoms with Gasteiger partial charge in [-0.1, -0.05) is 0 Å². The summed E-state index contributed by atoms with van der Waals surface area (Å²) < 4.78 is 23.0. The summed E-state index contributed by atoms with van der Waals surface area (Å²) in [5, 5.41) is 3.05. The molecule has 0 amide bonds. The van der Waals surface area contributed by atoms with Crippen LogP contribution in [0, 0.1) is 6.92 Å². The van der Waals surface area contributed by atoms with Gasteiger partial charge in [-0.15, -0.1) is 0 Å². The van der Waals surface area contributed by atoms with Crippen molar-refractivity contribution in [2.75, 3.05) is 23.8 Å². The molecule has 7 heteroatoms. The fraction of sp³-hybridized carbons (Fsp3) is 0.500. The highest BCUT2D eigenvalue weighted by atomic mass is 32.2. The zero-order valence-corrected chi connectivity index (χ0v) is 11.5. The van der Waals surface area contributed by atoms with E-state index in [1.807, 2.05) is 0 Å². The second kappa shape index (κ2) is 5.26. The lowest BCUT2D eigenvalue weighted by atomic mass is 10.0. The highest BCUT2D eigenvalue weighted by Crippen LogP contribution is 2.17. The van der Waals surface area contributed by atoms with Crippen LogP contribution in [0.4, 0.5) is 5.82 Å². The average Bonchev–Trinajstić information content (AvgIpc) is 2.27. The summed E-state index contributed by atoms with van der Waals surface area (Å²) in [6, 6.07) is 1.37. The van der Waals surface area contributed by atoms with Crippen LogP contribution in [0.2, 0.25) is 0 Å². The molecule has 1 aliphatic rings. The number of aryl methyl sites for hydroxylation is 1. The molecule has 1 unspecified atom stereocenters. The largest absolute Gasteiger partial charge is 0.383 e. The maximum absolute atomic E-state index is 12.2. The number of nitrogens with zero attached hydrogens (tertiary/aromatic N) is 1. The maximum Gasteiger partial charge on any atom is 0.168 e. The molecule has 0 aromatic carbocycles. The fourth-order valence-corrected chi connectivity index (χ4v) is 3.71. The van der Waals surface area contributed by atoms with Crippen molar-refractivity contribution in [1.82, 2.24) is 10.3 Å². The Morgan fingerprint density at radius 1 is 1.58 bits per heavy atom. The Bertz CT molecular complexity index is 578. The molecule has 0 radical (unpaired) electrons. The molecule has 6 nitrogen and oxygen atoms in total. The van der Waals surface area contributed by atoms with Crippen molar-refractivity contribution < 1.29 is 13.2 Å². The number of ketones is 1. The highest BCUT2D eigenvalue weighted by molar-refractivity contribution is 7.91. The number of carbonyl (C=O) groups is 1. The summed E-state index contributed by atoms with van der Waals surface area (Å²) >= 11 is 0. The molecular weight excluding hydrogens is 266 g/mol. The van der Waals surface area contributed by atoms with Crippen molar-refractivity contribution in [3.05, 3.63) is 23.4 Å². The van der Waals surface area contributed by atoms with Crippen molar-refractivity contribution >= 4 is 21.4 Å². The highest BCUT2D eigenvalue weighted by Gasteiger charge is 2.27. The molecular formula is C12H17N3O3S. The van der Waals surface area contributed by atoms with Crippen molar-refractivity contribution in [3.8, 4) is 0 Å². The Kier molecular flexibility index (Phi) is 3.86. The lowest BCUT2D eigenvalue weighted by molar-refractivity contribution is 0.0972. The minimum absolute atomic E-state index is 0.00203. The SMILES string of the molecule is Cc1ccnc(N)c1C(=O)CC1CS(=O)(=O)CCN1. The van der Waals surface area contributed by atoms with E-state index in [1.165, 1.54) is 0 Å². The minimum atomic E-state index is -3.04. The molecule has 2 rings (SSSR count). The molecule has 1 aromatic heterocycles. The van der Waals surface area contributed by atoms with Gasteiger partial charge in [0.25, 0.3) is 0 Å². The van der Waals surface area contributed by atoms with Gasteiger partial charge in [-0.3, -0.25) is 4.79 Å². The van der Waals surface area contributed by atoms with E-state index in [9.17, 15) is 13.2 Å². The first-order valence-electron chi connectivity index (χ1n) is 6.07. The molecule has 19 heavy (non-hydrogen) atoms. The summed E-state index contributed by atoms with van der Waals surface area (Å²) in [6.45, 7) is 2.18. The molecule has 0 bridgehead atoms. The van der Waals surface area contributed by atoms with E-state index in [0.717, 1.165) is 5.56 Å². The number of aromatic nitrogens is 1. The normalized spacial score (nSPS) is 22.1. The topological polar surface area (TPSA) is 102 Å². The summed E-state index contributed by atoms with van der Waals surface area (Å²) in [7, 11) is -3.04. The van der Waals surface area contributed by atoms with Crippen molar-refractivity contribution in [2.45, 2.75) is 19.4 Å². The molecule has 0 saturated carbocycles. The quantitative estimate of drug-likeness (QED) is 0.753. The molecule has 1 saturated heterocycles. The number of nitrogen functional groups attached to an aromatic ring is 1. The Morgan fingerprint density at radius 3 is 2.95 bits per heavy atom. The van der Waals surface area contributed by atoms with Crippen molar-refractivity contribution in [1.29, 1.82) is 0 Å². The Labute approximate surface area is 112 Å². The van der Waals surface area contributed by atoms with Gasteiger partial charge in [0.05, 0.1) is 17.1 Å². The summed E-state index contributed by atoms with van der Waals surface area (Å²) in [6.07, 6.45) is 1.67. The summed E-state index contributed by atoms with van der Waals surface area (Å²) in [5.74, 6) is 0.158. The zero-order valence-electron chi connectivity index (χ0n) is 10.7. The number of rotatable bonds is 3. The van der Waals surface area contributed by atoms with Crippen LogP contribution < -0.4 is 11.1 Å². The molecule has 1 fully saturated rings. The van der Waals surface area contributed by atoms with Crippen LogP contribution in [0.1, 0.15) is 22.3 Å². The molecule has 1 aromatic rings. The third-order valence-corrected chi connectivity index (χ3v) is 4.94. The van der Waals surface area contributed by atoms with Gasteiger partial charge < -0.3 is 11.1 Å². The Morgan fingerprint density at radius 2 is 2.32 bits per heavy atom. The maximum atomic E-state index is 12.2. The van der Waals surface area contributed by atoms with Gasteiger partial charge in [0.1, 0.15) is 5.82 Å². The second-order valence-electron chi connectivity index (χ2n) is 4.78. The number of hydrogen-bond acceptors (Lipinski definition) is 6. The van der Waals surface area contributed by atoms with E-state index in [4.69, 9.17) is 5.73 Å². The first-order chi connectivity index (χ1) is 8.89. The lowest BCUT2D eigenvalue weighted by Gasteiger charge is -2.23. The first kappa shape index (κ1) is 14.0. The number of carbonyl (C=O) groups excluding carboxylic acids is 1. The van der Waals surface area contributed by atoms with Crippen LogP contribution in [0.3, 0.4) is 0 Å². The third-order valence-electron chi connectivity index (χ3n) is 3.20. The van der Waals surface area contributed by atoms with Crippen LogP contribution in [-0.2, 0) is 9.84 Å². The van der Waals surface area contributed by atoms with Crippen LogP contribution in [0.5, 0.6) is 0 Å². The standard InChI is InChI=1S/C12H17N3O3S/c1-8-2-3-15-12(13)11(8)10(16)6-9-7-19(17,18)5-4-14-9/h2-3,9,14H,4-7H2,1H3,(H2,13,15). The minimum Gasteiger partial charge on any atom is -0.383 e. The Balaban J connectivity index is 2.13. The number of Topliss-reactive ketones (excluding diaryl/α,β-unsaturated/α-hetero) is 1. The number of anilines is 1. The number of nitrogens with two attached hydrogens (primary N) is 1. The molecule has 2 heterocycles. The van der Waals surface area contributed by atoms with E-state index >= 15 is 0 Å². The number of pyridine rings is 1. The van der Waals surface area contributed by atoms with Gasteiger partial charge in [-0.2, -0.15) is 0 Å².